The molecule has 5 rings (SSSR count). The van der Waals surface area contributed by atoms with Crippen molar-refractivity contribution in [3.63, 3.8) is 0 Å². The van der Waals surface area contributed by atoms with E-state index in [4.69, 9.17) is 14.2 Å². The summed E-state index contributed by atoms with van der Waals surface area (Å²) in [5, 5.41) is 18.5. The smallest absolute Gasteiger partial charge is 0.407 e. The number of allylic oxidation sites excluding steroid dienone is 2. The number of benzene rings is 4. The molecule has 0 aliphatic heterocycles. The van der Waals surface area contributed by atoms with Crippen LogP contribution in [0.4, 0.5) is 4.79 Å². The van der Waals surface area contributed by atoms with Gasteiger partial charge in [0.2, 0.25) is 11.8 Å². The molecule has 1 aliphatic rings. The normalized spacial score (nSPS) is 14.3. The molecule has 0 bridgehead atoms. The molecule has 0 saturated heterocycles. The van der Waals surface area contributed by atoms with Gasteiger partial charge in [-0.15, -0.1) is 13.2 Å². The van der Waals surface area contributed by atoms with Crippen molar-refractivity contribution in [3.05, 3.63) is 157 Å². The fraction of sp³-hybridized carbons (Fsp3) is 0.319. The first-order valence-corrected chi connectivity index (χ1v) is 19.6. The number of hydrogen-bond acceptors (Lipinski definition) is 8. The number of esters is 1. The number of aliphatic hydroxyl groups excluding tert-OH is 1. The van der Waals surface area contributed by atoms with Gasteiger partial charge in [-0.25, -0.2) is 9.59 Å². The third-order valence-corrected chi connectivity index (χ3v) is 10.2. The Morgan fingerprint density at radius 3 is 2.02 bits per heavy atom. The minimum atomic E-state index is -1.11. The van der Waals surface area contributed by atoms with Crippen LogP contribution in [0, 0.1) is 5.92 Å². The third kappa shape index (κ3) is 11.7. The summed E-state index contributed by atoms with van der Waals surface area (Å²) in [5.74, 6) is -2.61. The number of nitrogens with one attached hydrogen (secondary N) is 3. The second-order valence-electron chi connectivity index (χ2n) is 14.3. The minimum Gasteiger partial charge on any atom is -0.454 e. The summed E-state index contributed by atoms with van der Waals surface area (Å²) in [4.78, 5) is 54.5. The van der Waals surface area contributed by atoms with E-state index in [1.807, 2.05) is 72.8 Å². The highest BCUT2D eigenvalue weighted by Gasteiger charge is 2.35. The highest BCUT2D eigenvalue weighted by Crippen LogP contribution is 2.44. The number of fused-ring (bicyclic) bond motifs is 3. The van der Waals surface area contributed by atoms with Gasteiger partial charge in [0, 0.05) is 19.4 Å². The van der Waals surface area contributed by atoms with Crippen molar-refractivity contribution < 1.29 is 38.5 Å². The molecule has 0 radical (unpaired) electrons. The minimum absolute atomic E-state index is 0.0492. The molecule has 58 heavy (non-hydrogen) atoms. The highest BCUT2D eigenvalue weighted by atomic mass is 16.6. The number of carbonyl (C=O) groups excluding carboxylic acids is 4. The molecule has 4 N–H and O–H groups in total. The average Bonchev–Trinajstić information content (AvgIpc) is 3.56. The predicted molar refractivity (Wildman–Crippen MR) is 223 cm³/mol. The molecule has 0 fully saturated rings. The van der Waals surface area contributed by atoms with Gasteiger partial charge >= 0.3 is 12.1 Å². The Morgan fingerprint density at radius 1 is 0.793 bits per heavy atom. The Morgan fingerprint density at radius 2 is 1.41 bits per heavy atom. The predicted octanol–water partition coefficient (Wildman–Crippen LogP) is 6.58. The third-order valence-electron chi connectivity index (χ3n) is 10.2. The number of amides is 3. The molecule has 0 spiro atoms. The Balaban J connectivity index is 1.27. The second-order valence-corrected chi connectivity index (χ2v) is 14.3. The number of rotatable bonds is 22. The quantitative estimate of drug-likeness (QED) is 0.0516. The van der Waals surface area contributed by atoms with Crippen LogP contribution < -0.4 is 16.0 Å². The largest absolute Gasteiger partial charge is 0.454 e. The highest BCUT2D eigenvalue weighted by molar-refractivity contribution is 5.86. The lowest BCUT2D eigenvalue weighted by Gasteiger charge is -2.30. The Kier molecular flexibility index (Phi) is 16.4. The first-order chi connectivity index (χ1) is 28.3. The number of methoxy groups -OCH3 is 1. The van der Waals surface area contributed by atoms with Crippen molar-refractivity contribution in [3.8, 4) is 11.1 Å². The standard InChI is InChI=1S/C47H53N3O8/c1-4-6-26-41(50-47(55)57-30-40-38-24-15-13-22-36(38)37-23-14-16-25-39(37)40)46(54)58-44(33-20-11-8-12-21-33)42(31-56-3)49-45(53)34(17-5-2)28-43(52)48-35(29-51)27-32-18-9-7-10-19-32/h4-5,7-16,18-25,34-35,40-42,44,51H,1-2,6,17,26-31H2,3H3,(H,48,52)(H,49,53)(H,50,55)/t34-,35-,41+,42+,44+/m1/s1. The summed E-state index contributed by atoms with van der Waals surface area (Å²) >= 11 is 0. The Hall–Kier alpha value is -6.04. The molecule has 1 aliphatic carbocycles. The summed E-state index contributed by atoms with van der Waals surface area (Å²) in [6.07, 6.45) is 2.39. The van der Waals surface area contributed by atoms with E-state index in [0.717, 1.165) is 27.8 Å². The second kappa shape index (κ2) is 22.0. The van der Waals surface area contributed by atoms with Gasteiger partial charge in [-0.1, -0.05) is 121 Å². The van der Waals surface area contributed by atoms with Gasteiger partial charge in [0.1, 0.15) is 18.8 Å². The van der Waals surface area contributed by atoms with Crippen molar-refractivity contribution in [1.29, 1.82) is 0 Å². The van der Waals surface area contributed by atoms with E-state index in [2.05, 4.69) is 41.2 Å². The topological polar surface area (TPSA) is 152 Å². The zero-order chi connectivity index (χ0) is 41.3. The van der Waals surface area contributed by atoms with Gasteiger partial charge in [-0.3, -0.25) is 9.59 Å². The zero-order valence-corrected chi connectivity index (χ0v) is 32.9. The summed E-state index contributed by atoms with van der Waals surface area (Å²) in [6, 6.07) is 31.9. The van der Waals surface area contributed by atoms with Crippen LogP contribution in [0.1, 0.15) is 60.0 Å². The molecule has 3 amide bonds. The fourth-order valence-electron chi connectivity index (χ4n) is 7.29. The molecule has 0 aromatic heterocycles. The number of hydrogen-bond donors (Lipinski definition) is 4. The molecule has 4 aromatic carbocycles. The van der Waals surface area contributed by atoms with Gasteiger partial charge in [0.25, 0.3) is 0 Å². The maximum atomic E-state index is 14.0. The van der Waals surface area contributed by atoms with E-state index < -0.39 is 54.0 Å². The summed E-state index contributed by atoms with van der Waals surface area (Å²) < 4.78 is 17.4. The van der Waals surface area contributed by atoms with E-state index in [1.54, 1.807) is 36.4 Å². The van der Waals surface area contributed by atoms with E-state index in [-0.39, 0.29) is 45.0 Å². The molecule has 304 valence electrons. The average molecular weight is 788 g/mol. The van der Waals surface area contributed by atoms with Crippen LogP contribution in [0.3, 0.4) is 0 Å². The molecular formula is C47H53N3O8. The number of alkyl carbamates (subject to hydrolysis) is 1. The van der Waals surface area contributed by atoms with Gasteiger partial charge in [-0.2, -0.15) is 0 Å². The van der Waals surface area contributed by atoms with Crippen LogP contribution in [0.2, 0.25) is 0 Å². The van der Waals surface area contributed by atoms with E-state index in [0.29, 0.717) is 18.4 Å². The SMILES string of the molecule is C=CCC[C@H](NC(=O)OCC1c2ccccc2-c2ccccc21)C(=O)O[C@@H](c1ccccc1)[C@H](COC)NC(=O)[C@H](CC=C)CC(=O)N[C@@H](CO)Cc1ccccc1. The summed E-state index contributed by atoms with van der Waals surface area (Å²) in [7, 11) is 1.46. The van der Waals surface area contributed by atoms with E-state index in [9.17, 15) is 24.3 Å². The van der Waals surface area contributed by atoms with Crippen LogP contribution in [-0.4, -0.2) is 74.0 Å². The van der Waals surface area contributed by atoms with Gasteiger partial charge in [0.15, 0.2) is 0 Å². The number of ether oxygens (including phenoxy) is 3. The van der Waals surface area contributed by atoms with E-state index >= 15 is 0 Å². The summed E-state index contributed by atoms with van der Waals surface area (Å²) in [6.45, 7) is 7.31. The van der Waals surface area contributed by atoms with Crippen molar-refractivity contribution in [2.45, 2.75) is 62.3 Å². The van der Waals surface area contributed by atoms with Crippen LogP contribution in [0.15, 0.2) is 135 Å². The maximum Gasteiger partial charge on any atom is 0.407 e. The van der Waals surface area contributed by atoms with Crippen LogP contribution in [0.5, 0.6) is 0 Å². The van der Waals surface area contributed by atoms with Gasteiger partial charge in [-0.05, 0) is 59.1 Å². The van der Waals surface area contributed by atoms with Crippen molar-refractivity contribution >= 4 is 23.9 Å². The van der Waals surface area contributed by atoms with Crippen molar-refractivity contribution in [1.82, 2.24) is 16.0 Å². The lowest BCUT2D eigenvalue weighted by Crippen LogP contribution is -2.49. The molecule has 5 atom stereocenters. The van der Waals surface area contributed by atoms with Crippen molar-refractivity contribution in [2.24, 2.45) is 5.92 Å². The molecule has 11 heteroatoms. The summed E-state index contributed by atoms with van der Waals surface area (Å²) in [5.41, 5.74) is 5.83. The molecule has 0 saturated carbocycles. The zero-order valence-electron chi connectivity index (χ0n) is 32.9. The maximum absolute atomic E-state index is 14.0. The monoisotopic (exact) mass is 787 g/mol. The Bertz CT molecular complexity index is 1940. The van der Waals surface area contributed by atoms with Gasteiger partial charge < -0.3 is 35.3 Å². The molecule has 4 aromatic rings. The van der Waals surface area contributed by atoms with Crippen molar-refractivity contribution in [2.75, 3.05) is 26.9 Å². The van der Waals surface area contributed by atoms with Crippen LogP contribution in [0.25, 0.3) is 11.1 Å². The van der Waals surface area contributed by atoms with Crippen LogP contribution in [-0.2, 0) is 35.0 Å². The first-order valence-electron chi connectivity index (χ1n) is 19.6. The number of carbonyl (C=O) groups is 4. The van der Waals surface area contributed by atoms with Crippen LogP contribution >= 0.6 is 0 Å². The Labute approximate surface area is 340 Å². The lowest BCUT2D eigenvalue weighted by molar-refractivity contribution is -0.155. The number of aliphatic hydroxyl groups is 1. The van der Waals surface area contributed by atoms with E-state index in [1.165, 1.54) is 7.11 Å². The molecule has 11 nitrogen and oxygen atoms in total. The molecule has 0 unspecified atom stereocenters. The molecule has 0 heterocycles. The van der Waals surface area contributed by atoms with Gasteiger partial charge in [0.05, 0.1) is 31.2 Å². The lowest BCUT2D eigenvalue weighted by atomic mass is 9.97. The first kappa shape index (κ1) is 43.1. The molecular weight excluding hydrogens is 735 g/mol. The fourth-order valence-corrected chi connectivity index (χ4v) is 7.29.